The average Bonchev–Trinajstić information content (AvgIpc) is 3.04. The van der Waals surface area contributed by atoms with Crippen molar-refractivity contribution in [2.75, 3.05) is 7.11 Å². The lowest BCUT2D eigenvalue weighted by Crippen LogP contribution is -2.15. The number of nitrogens with one attached hydrogen (secondary N) is 1. The second kappa shape index (κ2) is 7.23. The molecule has 1 amide bonds. The molecule has 0 radical (unpaired) electrons. The number of H-pyrrole nitrogens is 1. The van der Waals surface area contributed by atoms with Crippen LogP contribution in [-0.4, -0.2) is 32.5 Å². The number of nitrogens with zero attached hydrogens (tertiary/aromatic N) is 3. The fourth-order valence-electron chi connectivity index (χ4n) is 2.92. The monoisotopic (exact) mass is 429 g/mol. The van der Waals surface area contributed by atoms with Gasteiger partial charge in [0, 0.05) is 11.6 Å². The Morgan fingerprint density at radius 2 is 1.93 bits per heavy atom. The molecule has 2 aromatic heterocycles. The van der Waals surface area contributed by atoms with Gasteiger partial charge in [-0.2, -0.15) is 0 Å². The Morgan fingerprint density at radius 3 is 2.62 bits per heavy atom. The molecule has 2 heterocycles. The molecule has 8 nitrogen and oxygen atoms in total. The average molecular weight is 430 g/mol. The first kappa shape index (κ1) is 19.0. The SMILES string of the molecule is COc1cccc(-n2c(=O)[nH]c3c(C(N)=O)nc(-c4ccc(Cl)c(Cl)c4)nc32)c1. The van der Waals surface area contributed by atoms with Gasteiger partial charge in [0.05, 0.1) is 22.8 Å². The van der Waals surface area contributed by atoms with E-state index >= 15 is 0 Å². The second-order valence-electron chi connectivity index (χ2n) is 6.05. The summed E-state index contributed by atoms with van der Waals surface area (Å²) in [5.41, 5.74) is 6.20. The number of methoxy groups -OCH3 is 1. The molecular weight excluding hydrogens is 417 g/mol. The van der Waals surface area contributed by atoms with Crippen molar-refractivity contribution in [3.05, 3.63) is 68.7 Å². The number of rotatable bonds is 4. The molecule has 0 aliphatic carbocycles. The summed E-state index contributed by atoms with van der Waals surface area (Å²) < 4.78 is 6.54. The second-order valence-corrected chi connectivity index (χ2v) is 6.87. The number of fused-ring (bicyclic) bond motifs is 1. The van der Waals surface area contributed by atoms with Crippen LogP contribution in [0.2, 0.25) is 10.0 Å². The fraction of sp³-hybridized carbons (Fsp3) is 0.0526. The Morgan fingerprint density at radius 1 is 1.14 bits per heavy atom. The third-order valence-electron chi connectivity index (χ3n) is 4.26. The Bertz CT molecular complexity index is 1330. The normalized spacial score (nSPS) is 11.0. The molecule has 0 fully saturated rings. The summed E-state index contributed by atoms with van der Waals surface area (Å²) in [6, 6.07) is 11.7. The first-order valence-corrected chi connectivity index (χ1v) is 9.07. The van der Waals surface area contributed by atoms with Crippen molar-refractivity contribution >= 4 is 40.3 Å². The summed E-state index contributed by atoms with van der Waals surface area (Å²) in [7, 11) is 1.52. The highest BCUT2D eigenvalue weighted by Gasteiger charge is 2.20. The number of amides is 1. The molecule has 146 valence electrons. The molecule has 0 saturated heterocycles. The standard InChI is InChI=1S/C19H13Cl2N5O3/c1-29-11-4-2-3-10(8-11)26-18-15(24-19(26)28)14(16(22)27)23-17(25-18)9-5-6-12(20)13(21)7-9/h2-8H,1H3,(H2,22,27)(H,24,28). The topological polar surface area (TPSA) is 116 Å². The van der Waals surface area contributed by atoms with Crippen LogP contribution in [0.25, 0.3) is 28.2 Å². The van der Waals surface area contributed by atoms with Crippen molar-refractivity contribution in [1.82, 2.24) is 19.5 Å². The zero-order chi connectivity index (χ0) is 20.7. The zero-order valence-electron chi connectivity index (χ0n) is 14.9. The van der Waals surface area contributed by atoms with E-state index in [1.165, 1.54) is 11.7 Å². The Labute approximate surface area is 173 Å². The van der Waals surface area contributed by atoms with Crippen LogP contribution in [0, 0.1) is 0 Å². The molecule has 10 heteroatoms. The van der Waals surface area contributed by atoms with Crippen molar-refractivity contribution in [1.29, 1.82) is 0 Å². The summed E-state index contributed by atoms with van der Waals surface area (Å²) in [4.78, 5) is 36.0. The van der Waals surface area contributed by atoms with Gasteiger partial charge >= 0.3 is 5.69 Å². The predicted octanol–water partition coefficient (Wildman–Crippen LogP) is 3.19. The molecule has 0 aliphatic rings. The fourth-order valence-corrected chi connectivity index (χ4v) is 3.21. The highest BCUT2D eigenvalue weighted by atomic mass is 35.5. The van der Waals surface area contributed by atoms with Crippen LogP contribution < -0.4 is 16.2 Å². The first-order chi connectivity index (χ1) is 13.9. The van der Waals surface area contributed by atoms with Gasteiger partial charge in [0.25, 0.3) is 5.91 Å². The maximum atomic E-state index is 12.7. The number of aromatic amines is 1. The van der Waals surface area contributed by atoms with E-state index in [2.05, 4.69) is 15.0 Å². The van der Waals surface area contributed by atoms with Gasteiger partial charge in [-0.25, -0.2) is 19.3 Å². The van der Waals surface area contributed by atoms with Crippen LogP contribution in [-0.2, 0) is 0 Å². The highest BCUT2D eigenvalue weighted by molar-refractivity contribution is 6.42. The van der Waals surface area contributed by atoms with Crippen molar-refractivity contribution in [3.8, 4) is 22.8 Å². The number of ether oxygens (including phenoxy) is 1. The summed E-state index contributed by atoms with van der Waals surface area (Å²) in [6.07, 6.45) is 0. The quantitative estimate of drug-likeness (QED) is 0.516. The van der Waals surface area contributed by atoms with E-state index in [9.17, 15) is 9.59 Å². The lowest BCUT2D eigenvalue weighted by Gasteiger charge is -2.08. The molecular formula is C19H13Cl2N5O3. The van der Waals surface area contributed by atoms with E-state index in [4.69, 9.17) is 33.7 Å². The Hall–Kier alpha value is -3.36. The number of imidazole rings is 1. The van der Waals surface area contributed by atoms with Crippen LogP contribution in [0.4, 0.5) is 0 Å². The van der Waals surface area contributed by atoms with Crippen LogP contribution in [0.3, 0.4) is 0 Å². The number of aromatic nitrogens is 4. The molecule has 0 spiro atoms. The Kier molecular flexibility index (Phi) is 4.73. The van der Waals surface area contributed by atoms with E-state index in [0.717, 1.165) is 0 Å². The highest BCUT2D eigenvalue weighted by Crippen LogP contribution is 2.28. The summed E-state index contributed by atoms with van der Waals surface area (Å²) in [5.74, 6) is -0.0871. The van der Waals surface area contributed by atoms with Gasteiger partial charge in [0.1, 0.15) is 11.3 Å². The van der Waals surface area contributed by atoms with E-state index in [0.29, 0.717) is 27.0 Å². The zero-order valence-corrected chi connectivity index (χ0v) is 16.5. The van der Waals surface area contributed by atoms with Gasteiger partial charge < -0.3 is 15.5 Å². The van der Waals surface area contributed by atoms with Gasteiger partial charge in [-0.3, -0.25) is 4.79 Å². The number of hydrogen-bond acceptors (Lipinski definition) is 5. The molecule has 2 aromatic carbocycles. The minimum absolute atomic E-state index is 0.116. The van der Waals surface area contributed by atoms with E-state index in [1.54, 1.807) is 42.5 Å². The van der Waals surface area contributed by atoms with Gasteiger partial charge in [-0.15, -0.1) is 0 Å². The largest absolute Gasteiger partial charge is 0.497 e. The molecule has 0 bridgehead atoms. The molecule has 3 N–H and O–H groups in total. The van der Waals surface area contributed by atoms with Gasteiger partial charge in [-0.05, 0) is 30.3 Å². The number of nitrogens with two attached hydrogens (primary N) is 1. The molecule has 0 unspecified atom stereocenters. The molecule has 4 rings (SSSR count). The van der Waals surface area contributed by atoms with E-state index < -0.39 is 11.6 Å². The third-order valence-corrected chi connectivity index (χ3v) is 5.00. The summed E-state index contributed by atoms with van der Waals surface area (Å²) in [6.45, 7) is 0. The third kappa shape index (κ3) is 3.32. The predicted molar refractivity (Wildman–Crippen MR) is 110 cm³/mol. The summed E-state index contributed by atoms with van der Waals surface area (Å²) in [5, 5.41) is 0.661. The van der Waals surface area contributed by atoms with Crippen molar-refractivity contribution in [2.45, 2.75) is 0 Å². The number of carbonyl (C=O) groups is 1. The van der Waals surface area contributed by atoms with Crippen LogP contribution in [0.15, 0.2) is 47.3 Å². The number of carbonyl (C=O) groups excluding carboxylic acids is 1. The first-order valence-electron chi connectivity index (χ1n) is 8.31. The molecule has 29 heavy (non-hydrogen) atoms. The minimum Gasteiger partial charge on any atom is -0.497 e. The number of primary amides is 1. The van der Waals surface area contributed by atoms with Crippen molar-refractivity contribution in [2.24, 2.45) is 5.73 Å². The van der Waals surface area contributed by atoms with E-state index in [-0.39, 0.29) is 22.7 Å². The molecule has 0 aliphatic heterocycles. The van der Waals surface area contributed by atoms with Crippen LogP contribution >= 0.6 is 23.2 Å². The molecule has 0 atom stereocenters. The number of halogens is 2. The van der Waals surface area contributed by atoms with Crippen LogP contribution in [0.1, 0.15) is 10.5 Å². The Balaban J connectivity index is 2.04. The van der Waals surface area contributed by atoms with Crippen molar-refractivity contribution < 1.29 is 9.53 Å². The lowest BCUT2D eigenvalue weighted by molar-refractivity contribution is 0.0997. The molecule has 0 saturated carbocycles. The maximum absolute atomic E-state index is 12.7. The smallest absolute Gasteiger partial charge is 0.332 e. The van der Waals surface area contributed by atoms with Gasteiger partial charge in [0.2, 0.25) is 0 Å². The maximum Gasteiger partial charge on any atom is 0.332 e. The molecule has 4 aromatic rings. The van der Waals surface area contributed by atoms with Gasteiger partial charge in [-0.1, -0.05) is 29.3 Å². The summed E-state index contributed by atoms with van der Waals surface area (Å²) >= 11 is 12.1. The lowest BCUT2D eigenvalue weighted by atomic mass is 10.2. The van der Waals surface area contributed by atoms with Crippen molar-refractivity contribution in [3.63, 3.8) is 0 Å². The van der Waals surface area contributed by atoms with Gasteiger partial charge in [0.15, 0.2) is 17.2 Å². The number of hydrogen-bond donors (Lipinski definition) is 2. The van der Waals surface area contributed by atoms with E-state index in [1.807, 2.05) is 0 Å². The van der Waals surface area contributed by atoms with Crippen LogP contribution in [0.5, 0.6) is 5.75 Å². The number of benzene rings is 2. The minimum atomic E-state index is -0.808.